The molecule has 2 aliphatic rings. The quantitative estimate of drug-likeness (QED) is 0.546. The van der Waals surface area contributed by atoms with Crippen LogP contribution in [0.4, 0.5) is 10.5 Å². The molecule has 1 N–H and O–H groups in total. The van der Waals surface area contributed by atoms with Crippen LogP contribution < -0.4 is 10.1 Å². The maximum atomic E-state index is 12.4. The van der Waals surface area contributed by atoms with Gasteiger partial charge in [0.05, 0.1) is 26.5 Å². The first kappa shape index (κ1) is 21.9. The second-order valence-corrected chi connectivity index (χ2v) is 7.75. The number of hydrogen-bond donors (Lipinski definition) is 1. The minimum Gasteiger partial charge on any atom is -0.464 e. The van der Waals surface area contributed by atoms with Gasteiger partial charge in [-0.15, -0.1) is 5.10 Å². The minimum absolute atomic E-state index is 0.0938. The Morgan fingerprint density at radius 1 is 1.00 bits per heavy atom. The zero-order valence-corrected chi connectivity index (χ0v) is 18.2. The summed E-state index contributed by atoms with van der Waals surface area (Å²) in [4.78, 5) is 24.1. The summed E-state index contributed by atoms with van der Waals surface area (Å²) in [6.07, 6.45) is -0.564. The molecule has 5 rings (SSSR count). The third-order valence-corrected chi connectivity index (χ3v) is 5.56. The van der Waals surface area contributed by atoms with Crippen molar-refractivity contribution in [1.29, 1.82) is 0 Å². The fourth-order valence-corrected chi connectivity index (χ4v) is 3.92. The summed E-state index contributed by atoms with van der Waals surface area (Å²) in [5.41, 5.74) is 0.653. The van der Waals surface area contributed by atoms with Gasteiger partial charge in [0.15, 0.2) is 11.8 Å². The summed E-state index contributed by atoms with van der Waals surface area (Å²) in [7, 11) is 1.27. The SMILES string of the molecule is COC(=O)c1cn([C@H]2CO[C@H]3[C@@H]2OC[C@H]3OC(=O)Nc2ccc(Oc3ccccc3)cc2)nn1. The predicted octanol–water partition coefficient (Wildman–Crippen LogP) is 2.81. The number of fused-ring (bicyclic) bond motifs is 1. The summed E-state index contributed by atoms with van der Waals surface area (Å²) < 4.78 is 29.1. The molecule has 1 amide bonds. The molecule has 11 nitrogen and oxygen atoms in total. The smallest absolute Gasteiger partial charge is 0.412 e. The highest BCUT2D eigenvalue weighted by Crippen LogP contribution is 2.35. The van der Waals surface area contributed by atoms with Crippen molar-refractivity contribution in [3.05, 3.63) is 66.5 Å². The van der Waals surface area contributed by atoms with E-state index in [2.05, 4.69) is 20.4 Å². The second kappa shape index (κ2) is 9.49. The average Bonchev–Trinajstić information content (AvgIpc) is 3.58. The van der Waals surface area contributed by atoms with Crippen LogP contribution in [0, 0.1) is 0 Å². The molecule has 0 radical (unpaired) electrons. The van der Waals surface area contributed by atoms with Crippen LogP contribution in [0.5, 0.6) is 11.5 Å². The van der Waals surface area contributed by atoms with E-state index in [9.17, 15) is 9.59 Å². The highest BCUT2D eigenvalue weighted by Gasteiger charge is 2.50. The third-order valence-electron chi connectivity index (χ3n) is 5.56. The first-order chi connectivity index (χ1) is 16.6. The molecular formula is C23H22N4O7. The van der Waals surface area contributed by atoms with Gasteiger partial charge < -0.3 is 23.7 Å². The van der Waals surface area contributed by atoms with Gasteiger partial charge >= 0.3 is 12.1 Å². The Hall–Kier alpha value is -3.96. The second-order valence-electron chi connectivity index (χ2n) is 7.75. The van der Waals surface area contributed by atoms with E-state index in [0.29, 0.717) is 11.4 Å². The number of nitrogens with one attached hydrogen (secondary N) is 1. The Morgan fingerprint density at radius 3 is 2.50 bits per heavy atom. The van der Waals surface area contributed by atoms with E-state index in [1.165, 1.54) is 18.0 Å². The van der Waals surface area contributed by atoms with E-state index in [4.69, 9.17) is 18.9 Å². The Balaban J connectivity index is 1.15. The van der Waals surface area contributed by atoms with Gasteiger partial charge in [-0.2, -0.15) is 0 Å². The normalized spacial score (nSPS) is 23.2. The van der Waals surface area contributed by atoms with Gasteiger partial charge in [-0.05, 0) is 36.4 Å². The molecule has 176 valence electrons. The fourth-order valence-electron chi connectivity index (χ4n) is 3.92. The lowest BCUT2D eigenvalue weighted by molar-refractivity contribution is 0.00770. The number of amides is 1. The van der Waals surface area contributed by atoms with Crippen LogP contribution in [-0.4, -0.2) is 65.7 Å². The molecule has 0 unspecified atom stereocenters. The van der Waals surface area contributed by atoms with E-state index in [-0.39, 0.29) is 31.1 Å². The topological polar surface area (TPSA) is 123 Å². The van der Waals surface area contributed by atoms with Crippen molar-refractivity contribution in [3.63, 3.8) is 0 Å². The number of carbonyl (C=O) groups is 2. The van der Waals surface area contributed by atoms with E-state index in [1.807, 2.05) is 30.3 Å². The number of carbonyl (C=O) groups excluding carboxylic acids is 2. The minimum atomic E-state index is -0.619. The van der Waals surface area contributed by atoms with Crippen molar-refractivity contribution in [1.82, 2.24) is 15.0 Å². The number of para-hydroxylation sites is 1. The largest absolute Gasteiger partial charge is 0.464 e. The number of aromatic nitrogens is 3. The van der Waals surface area contributed by atoms with Crippen LogP contribution in [0.1, 0.15) is 16.5 Å². The molecule has 3 heterocycles. The maximum Gasteiger partial charge on any atom is 0.412 e. The highest BCUT2D eigenvalue weighted by molar-refractivity contribution is 5.86. The summed E-state index contributed by atoms with van der Waals surface area (Å²) in [6, 6.07) is 16.1. The van der Waals surface area contributed by atoms with Gasteiger partial charge in [0.1, 0.15) is 29.7 Å². The fraction of sp³-hybridized carbons (Fsp3) is 0.304. The third kappa shape index (κ3) is 4.56. The van der Waals surface area contributed by atoms with Crippen molar-refractivity contribution < 1.29 is 33.3 Å². The van der Waals surface area contributed by atoms with Gasteiger partial charge in [0.2, 0.25) is 0 Å². The molecule has 1 aromatic heterocycles. The van der Waals surface area contributed by atoms with Gasteiger partial charge in [-0.3, -0.25) is 5.32 Å². The van der Waals surface area contributed by atoms with Crippen LogP contribution >= 0.6 is 0 Å². The first-order valence-corrected chi connectivity index (χ1v) is 10.6. The van der Waals surface area contributed by atoms with Crippen molar-refractivity contribution in [3.8, 4) is 11.5 Å². The average molecular weight is 466 g/mol. The monoisotopic (exact) mass is 466 g/mol. The van der Waals surface area contributed by atoms with Gasteiger partial charge in [-0.25, -0.2) is 14.3 Å². The molecule has 2 aromatic carbocycles. The van der Waals surface area contributed by atoms with Crippen molar-refractivity contribution in [2.75, 3.05) is 25.6 Å². The standard InChI is InChI=1S/C23H22N4O7/c1-30-22(28)17-11-27(26-25-17)18-12-31-21-19(13-32-20(18)21)34-23(29)24-14-7-9-16(10-8-14)33-15-5-3-2-4-6-15/h2-11,18-21H,12-13H2,1H3,(H,24,29)/t18-,19+,20+,21+/m0/s1. The lowest BCUT2D eigenvalue weighted by Gasteiger charge is -2.17. The molecular weight excluding hydrogens is 444 g/mol. The van der Waals surface area contributed by atoms with Crippen molar-refractivity contribution >= 4 is 17.7 Å². The number of ether oxygens (including phenoxy) is 5. The van der Waals surface area contributed by atoms with Crippen molar-refractivity contribution in [2.45, 2.75) is 24.4 Å². The lowest BCUT2D eigenvalue weighted by atomic mass is 10.1. The van der Waals surface area contributed by atoms with Crippen LogP contribution in [0.2, 0.25) is 0 Å². The molecule has 2 saturated heterocycles. The lowest BCUT2D eigenvalue weighted by Crippen LogP contribution is -2.34. The Bertz CT molecular complexity index is 1150. The van der Waals surface area contributed by atoms with E-state index >= 15 is 0 Å². The summed E-state index contributed by atoms with van der Waals surface area (Å²) in [5, 5.41) is 10.5. The predicted molar refractivity (Wildman–Crippen MR) is 117 cm³/mol. The molecule has 34 heavy (non-hydrogen) atoms. The zero-order chi connectivity index (χ0) is 23.5. The van der Waals surface area contributed by atoms with Gasteiger partial charge in [0.25, 0.3) is 0 Å². The highest BCUT2D eigenvalue weighted by atomic mass is 16.6. The number of rotatable bonds is 6. The number of nitrogens with zero attached hydrogens (tertiary/aromatic N) is 3. The molecule has 0 aliphatic carbocycles. The van der Waals surface area contributed by atoms with E-state index in [1.54, 1.807) is 24.3 Å². The molecule has 2 fully saturated rings. The Labute approximate surface area is 194 Å². The maximum absolute atomic E-state index is 12.4. The molecule has 4 atom stereocenters. The molecule has 0 saturated carbocycles. The number of hydrogen-bond acceptors (Lipinski definition) is 9. The Morgan fingerprint density at radius 2 is 1.74 bits per heavy atom. The zero-order valence-electron chi connectivity index (χ0n) is 18.2. The molecule has 11 heteroatoms. The van der Waals surface area contributed by atoms with E-state index in [0.717, 1.165) is 5.75 Å². The van der Waals surface area contributed by atoms with Crippen LogP contribution in [0.15, 0.2) is 60.8 Å². The van der Waals surface area contributed by atoms with Gasteiger partial charge in [0, 0.05) is 5.69 Å². The van der Waals surface area contributed by atoms with Gasteiger partial charge in [-0.1, -0.05) is 23.4 Å². The first-order valence-electron chi connectivity index (χ1n) is 10.6. The molecule has 3 aromatic rings. The van der Waals surface area contributed by atoms with Crippen LogP contribution in [0.25, 0.3) is 0 Å². The summed E-state index contributed by atoms with van der Waals surface area (Å²) in [5.74, 6) is 0.790. The molecule has 2 aliphatic heterocycles. The van der Waals surface area contributed by atoms with E-state index < -0.39 is 24.3 Å². The Kier molecular flexibility index (Phi) is 6.11. The van der Waals surface area contributed by atoms with Crippen molar-refractivity contribution in [2.24, 2.45) is 0 Å². The van der Waals surface area contributed by atoms with Crippen LogP contribution in [-0.2, 0) is 18.9 Å². The number of benzene rings is 2. The molecule has 0 bridgehead atoms. The summed E-state index contributed by atoms with van der Waals surface area (Å²) in [6.45, 7) is 0.464. The number of esters is 1. The number of methoxy groups -OCH3 is 1. The molecule has 0 spiro atoms. The summed E-state index contributed by atoms with van der Waals surface area (Å²) >= 11 is 0. The van der Waals surface area contributed by atoms with Crippen LogP contribution in [0.3, 0.4) is 0 Å². The number of anilines is 1.